The Balaban J connectivity index is 2.09. The van der Waals surface area contributed by atoms with Crippen LogP contribution in [0.2, 0.25) is 0 Å². The summed E-state index contributed by atoms with van der Waals surface area (Å²) >= 11 is 1.30. The van der Waals surface area contributed by atoms with Gasteiger partial charge in [-0.15, -0.1) is 0 Å². The summed E-state index contributed by atoms with van der Waals surface area (Å²) in [6.45, 7) is 4.52. The topological polar surface area (TPSA) is 83.0 Å². The van der Waals surface area contributed by atoms with Crippen LogP contribution in [0.3, 0.4) is 0 Å². The van der Waals surface area contributed by atoms with Gasteiger partial charge in [-0.3, -0.25) is 4.79 Å². The molecular formula is C16H22N6OS. The summed E-state index contributed by atoms with van der Waals surface area (Å²) in [5, 5.41) is 6.14. The lowest BCUT2D eigenvalue weighted by molar-refractivity contribution is -0.115. The molecule has 1 aromatic carbocycles. The number of nitrogens with zero attached hydrogens (tertiary/aromatic N) is 4. The van der Waals surface area contributed by atoms with E-state index in [4.69, 9.17) is 0 Å². The van der Waals surface area contributed by atoms with Gasteiger partial charge in [0.25, 0.3) is 0 Å². The number of benzene rings is 1. The SMILES string of the molecule is CCNc1nc(S[C@H](C)C(=O)Nc2ccccc2)nc(N(C)C)n1. The molecule has 7 nitrogen and oxygen atoms in total. The molecule has 0 fully saturated rings. The van der Waals surface area contributed by atoms with Gasteiger partial charge in [0, 0.05) is 26.3 Å². The van der Waals surface area contributed by atoms with Crippen LogP contribution in [-0.4, -0.2) is 46.7 Å². The second-order valence-corrected chi connectivity index (χ2v) is 6.59. The highest BCUT2D eigenvalue weighted by atomic mass is 32.2. The lowest BCUT2D eigenvalue weighted by Gasteiger charge is -2.15. The van der Waals surface area contributed by atoms with Crippen molar-refractivity contribution in [2.75, 3.05) is 36.2 Å². The lowest BCUT2D eigenvalue weighted by atomic mass is 10.3. The number of rotatable bonds is 7. The Morgan fingerprint density at radius 1 is 1.21 bits per heavy atom. The summed E-state index contributed by atoms with van der Waals surface area (Å²) in [5.74, 6) is 0.969. The average molecular weight is 346 g/mol. The normalized spacial score (nSPS) is 11.7. The highest BCUT2D eigenvalue weighted by molar-refractivity contribution is 8.00. The zero-order valence-electron chi connectivity index (χ0n) is 14.3. The Morgan fingerprint density at radius 3 is 2.54 bits per heavy atom. The molecule has 0 unspecified atom stereocenters. The minimum absolute atomic E-state index is 0.0944. The first-order valence-corrected chi connectivity index (χ1v) is 8.57. The maximum atomic E-state index is 12.3. The van der Waals surface area contributed by atoms with Gasteiger partial charge in [0.15, 0.2) is 5.16 Å². The predicted molar refractivity (Wildman–Crippen MR) is 98.7 cm³/mol. The van der Waals surface area contributed by atoms with E-state index in [2.05, 4.69) is 25.6 Å². The molecule has 1 heterocycles. The Bertz CT molecular complexity index is 680. The Morgan fingerprint density at radius 2 is 1.92 bits per heavy atom. The number of anilines is 3. The molecule has 24 heavy (non-hydrogen) atoms. The van der Waals surface area contributed by atoms with Crippen LogP contribution in [0.4, 0.5) is 17.6 Å². The van der Waals surface area contributed by atoms with Crippen molar-refractivity contribution >= 4 is 35.3 Å². The average Bonchev–Trinajstić information content (AvgIpc) is 2.55. The van der Waals surface area contributed by atoms with Gasteiger partial charge in [-0.25, -0.2) is 0 Å². The van der Waals surface area contributed by atoms with Crippen LogP contribution in [0, 0.1) is 0 Å². The minimum Gasteiger partial charge on any atom is -0.354 e. The summed E-state index contributed by atoms with van der Waals surface area (Å²) in [5.41, 5.74) is 0.771. The summed E-state index contributed by atoms with van der Waals surface area (Å²) in [6.07, 6.45) is 0. The van der Waals surface area contributed by atoms with Crippen molar-refractivity contribution < 1.29 is 4.79 Å². The highest BCUT2D eigenvalue weighted by Gasteiger charge is 2.18. The fourth-order valence-corrected chi connectivity index (χ4v) is 2.57. The molecule has 0 saturated carbocycles. The largest absolute Gasteiger partial charge is 0.354 e. The van der Waals surface area contributed by atoms with E-state index in [9.17, 15) is 4.79 Å². The first-order valence-electron chi connectivity index (χ1n) is 7.69. The molecule has 1 aromatic heterocycles. The number of carbonyl (C=O) groups excluding carboxylic acids is 1. The van der Waals surface area contributed by atoms with Gasteiger partial charge in [0.2, 0.25) is 17.8 Å². The smallest absolute Gasteiger partial charge is 0.237 e. The Labute approximate surface area is 146 Å². The molecular weight excluding hydrogens is 324 g/mol. The summed E-state index contributed by atoms with van der Waals surface area (Å²) < 4.78 is 0. The molecule has 128 valence electrons. The number of carbonyl (C=O) groups is 1. The predicted octanol–water partition coefficient (Wildman–Crippen LogP) is 2.49. The number of amides is 1. The third kappa shape index (κ3) is 5.09. The standard InChI is InChI=1S/C16H22N6OS/c1-5-17-14-19-15(22(3)4)21-16(20-14)24-11(2)13(23)18-12-9-7-6-8-10-12/h6-11H,5H2,1-4H3,(H,18,23)(H,17,19,20,21)/t11-/m1/s1. The highest BCUT2D eigenvalue weighted by Crippen LogP contribution is 2.23. The number of hydrogen-bond donors (Lipinski definition) is 2. The van der Waals surface area contributed by atoms with Gasteiger partial charge in [-0.1, -0.05) is 30.0 Å². The molecule has 0 aliphatic rings. The maximum absolute atomic E-state index is 12.3. The molecule has 0 bridgehead atoms. The molecule has 0 aliphatic heterocycles. The Kier molecular flexibility index (Phi) is 6.36. The van der Waals surface area contributed by atoms with Crippen molar-refractivity contribution in [3.63, 3.8) is 0 Å². The van der Waals surface area contributed by atoms with Crippen LogP contribution in [0.5, 0.6) is 0 Å². The monoisotopic (exact) mass is 346 g/mol. The van der Waals surface area contributed by atoms with Crippen LogP contribution < -0.4 is 15.5 Å². The molecule has 8 heteroatoms. The fourth-order valence-electron chi connectivity index (χ4n) is 1.81. The fraction of sp³-hybridized carbons (Fsp3) is 0.375. The quantitative estimate of drug-likeness (QED) is 0.745. The van der Waals surface area contributed by atoms with E-state index in [1.54, 1.807) is 4.90 Å². The molecule has 0 spiro atoms. The number of aromatic nitrogens is 3. The van der Waals surface area contributed by atoms with Gasteiger partial charge in [-0.2, -0.15) is 15.0 Å². The van der Waals surface area contributed by atoms with Gasteiger partial charge in [0.1, 0.15) is 0 Å². The van der Waals surface area contributed by atoms with Crippen LogP contribution in [-0.2, 0) is 4.79 Å². The molecule has 2 N–H and O–H groups in total. The van der Waals surface area contributed by atoms with Crippen LogP contribution >= 0.6 is 11.8 Å². The van der Waals surface area contributed by atoms with Crippen molar-refractivity contribution in [2.45, 2.75) is 24.3 Å². The molecule has 1 amide bonds. The van der Waals surface area contributed by atoms with Crippen molar-refractivity contribution in [2.24, 2.45) is 0 Å². The number of nitrogens with one attached hydrogen (secondary N) is 2. The van der Waals surface area contributed by atoms with Gasteiger partial charge < -0.3 is 15.5 Å². The van der Waals surface area contributed by atoms with Gasteiger partial charge in [-0.05, 0) is 26.0 Å². The first-order chi connectivity index (χ1) is 11.5. The van der Waals surface area contributed by atoms with Crippen molar-refractivity contribution in [3.8, 4) is 0 Å². The maximum Gasteiger partial charge on any atom is 0.237 e. The zero-order chi connectivity index (χ0) is 17.5. The van der Waals surface area contributed by atoms with E-state index in [1.165, 1.54) is 11.8 Å². The molecule has 0 aliphatic carbocycles. The van der Waals surface area contributed by atoms with E-state index in [0.29, 0.717) is 23.6 Å². The van der Waals surface area contributed by atoms with Crippen LogP contribution in [0.25, 0.3) is 0 Å². The van der Waals surface area contributed by atoms with Crippen molar-refractivity contribution in [1.29, 1.82) is 0 Å². The third-order valence-electron chi connectivity index (χ3n) is 3.03. The zero-order valence-corrected chi connectivity index (χ0v) is 15.1. The molecule has 2 aromatic rings. The molecule has 0 radical (unpaired) electrons. The lowest BCUT2D eigenvalue weighted by Crippen LogP contribution is -2.23. The van der Waals surface area contributed by atoms with E-state index in [1.807, 2.05) is 58.3 Å². The third-order valence-corrected chi connectivity index (χ3v) is 3.99. The molecule has 0 saturated heterocycles. The number of hydrogen-bond acceptors (Lipinski definition) is 7. The first kappa shape index (κ1) is 18.0. The summed E-state index contributed by atoms with van der Waals surface area (Å²) in [4.78, 5) is 27.2. The van der Waals surface area contributed by atoms with Crippen molar-refractivity contribution in [1.82, 2.24) is 15.0 Å². The van der Waals surface area contributed by atoms with Gasteiger partial charge in [0.05, 0.1) is 5.25 Å². The number of thioether (sulfide) groups is 1. The molecule has 1 atom stereocenters. The van der Waals surface area contributed by atoms with Crippen molar-refractivity contribution in [3.05, 3.63) is 30.3 Å². The van der Waals surface area contributed by atoms with E-state index >= 15 is 0 Å². The number of para-hydroxylation sites is 1. The van der Waals surface area contributed by atoms with Gasteiger partial charge >= 0.3 is 0 Å². The second-order valence-electron chi connectivity index (χ2n) is 5.28. The minimum atomic E-state index is -0.336. The van der Waals surface area contributed by atoms with E-state index in [-0.39, 0.29) is 11.2 Å². The second kappa shape index (κ2) is 8.49. The van der Waals surface area contributed by atoms with Crippen LogP contribution in [0.1, 0.15) is 13.8 Å². The van der Waals surface area contributed by atoms with E-state index < -0.39 is 0 Å². The molecule has 2 rings (SSSR count). The van der Waals surface area contributed by atoms with E-state index in [0.717, 1.165) is 5.69 Å². The summed E-state index contributed by atoms with van der Waals surface area (Å²) in [7, 11) is 3.73. The summed E-state index contributed by atoms with van der Waals surface area (Å²) in [6, 6.07) is 9.37. The van der Waals surface area contributed by atoms with Crippen LogP contribution in [0.15, 0.2) is 35.5 Å². The Hall–Kier alpha value is -2.35.